The molecule has 13 heteroatoms. The summed E-state index contributed by atoms with van der Waals surface area (Å²) in [6.07, 6.45) is 1.73. The van der Waals surface area contributed by atoms with Gasteiger partial charge in [-0.1, -0.05) is 26.0 Å². The van der Waals surface area contributed by atoms with Crippen LogP contribution in [0.3, 0.4) is 0 Å². The van der Waals surface area contributed by atoms with Crippen molar-refractivity contribution in [3.05, 3.63) is 64.0 Å². The Morgan fingerprint density at radius 3 is 2.26 bits per heavy atom. The quantitative estimate of drug-likeness (QED) is 0.297. The smallest absolute Gasteiger partial charge is 0.271 e. The normalized spacial score (nSPS) is 12.8. The summed E-state index contributed by atoms with van der Waals surface area (Å²) in [7, 11) is -2.88. The monoisotopic (exact) mass is 552 g/mol. The lowest BCUT2D eigenvalue weighted by molar-refractivity contribution is -0.384. The third kappa shape index (κ3) is 7.88. The first-order chi connectivity index (χ1) is 17.8. The number of carbonyl (C=O) groups is 2. The Kier molecular flexibility index (Phi) is 10.6. The van der Waals surface area contributed by atoms with Crippen molar-refractivity contribution in [2.75, 3.05) is 24.2 Å². The second kappa shape index (κ2) is 13.2. The molecule has 0 bridgehead atoms. The Morgan fingerprint density at radius 1 is 1.13 bits per heavy atom. The van der Waals surface area contributed by atoms with Crippen molar-refractivity contribution in [3.8, 4) is 5.75 Å². The summed E-state index contributed by atoms with van der Waals surface area (Å²) in [5, 5.41) is 14.2. The van der Waals surface area contributed by atoms with Crippen LogP contribution in [-0.4, -0.2) is 62.0 Å². The fraction of sp³-hybridized carbons (Fsp3) is 0.440. The molecule has 0 aliphatic carbocycles. The topological polar surface area (TPSA) is 139 Å². The molecule has 208 valence electrons. The van der Waals surface area contributed by atoms with Gasteiger partial charge in [0.2, 0.25) is 21.8 Å². The van der Waals surface area contributed by atoms with Gasteiger partial charge in [0.05, 0.1) is 18.3 Å². The fourth-order valence-corrected chi connectivity index (χ4v) is 4.57. The first-order valence-corrected chi connectivity index (χ1v) is 13.8. The molecule has 2 aromatic carbocycles. The van der Waals surface area contributed by atoms with Crippen LogP contribution in [0.4, 0.5) is 15.8 Å². The maximum atomic E-state index is 13.7. The van der Waals surface area contributed by atoms with Crippen molar-refractivity contribution >= 4 is 33.2 Å². The summed E-state index contributed by atoms with van der Waals surface area (Å²) in [5.74, 6) is -1.63. The Morgan fingerprint density at radius 2 is 1.76 bits per heavy atom. The van der Waals surface area contributed by atoms with Gasteiger partial charge in [0.15, 0.2) is 0 Å². The molecule has 0 aliphatic heterocycles. The third-order valence-electron chi connectivity index (χ3n) is 5.97. The van der Waals surface area contributed by atoms with Crippen LogP contribution in [-0.2, 0) is 26.2 Å². The van der Waals surface area contributed by atoms with Gasteiger partial charge in [-0.2, -0.15) is 0 Å². The number of methoxy groups -OCH3 is 1. The number of non-ortho nitro benzene ring substituents is 1. The second-order valence-electron chi connectivity index (χ2n) is 8.77. The molecule has 0 fully saturated rings. The number of hydrogen-bond acceptors (Lipinski definition) is 7. The van der Waals surface area contributed by atoms with Crippen LogP contribution in [0.15, 0.2) is 42.5 Å². The third-order valence-corrected chi connectivity index (χ3v) is 7.10. The minimum atomic E-state index is -4.14. The summed E-state index contributed by atoms with van der Waals surface area (Å²) < 4.78 is 45.0. The number of sulfonamides is 1. The van der Waals surface area contributed by atoms with E-state index in [-0.39, 0.29) is 30.4 Å². The number of rotatable bonds is 13. The van der Waals surface area contributed by atoms with Crippen molar-refractivity contribution in [3.63, 3.8) is 0 Å². The molecule has 2 amide bonds. The number of nitrogens with zero attached hydrogens (tertiary/aromatic N) is 3. The molecule has 0 spiro atoms. The van der Waals surface area contributed by atoms with Crippen molar-refractivity contribution in [1.82, 2.24) is 10.2 Å². The van der Waals surface area contributed by atoms with E-state index in [0.717, 1.165) is 18.4 Å². The predicted octanol–water partition coefficient (Wildman–Crippen LogP) is 3.23. The van der Waals surface area contributed by atoms with Crippen LogP contribution >= 0.6 is 0 Å². The fourth-order valence-electron chi connectivity index (χ4n) is 3.73. The molecule has 2 atom stereocenters. The van der Waals surface area contributed by atoms with Crippen LogP contribution in [0.1, 0.15) is 39.2 Å². The van der Waals surface area contributed by atoms with Gasteiger partial charge in [-0.15, -0.1) is 0 Å². The highest BCUT2D eigenvalue weighted by molar-refractivity contribution is 7.92. The molecule has 11 nitrogen and oxygen atoms in total. The number of carbonyl (C=O) groups excluding carboxylic acids is 2. The summed E-state index contributed by atoms with van der Waals surface area (Å²) >= 11 is 0. The lowest BCUT2D eigenvalue weighted by atomic mass is 10.1. The minimum Gasteiger partial charge on any atom is -0.495 e. The first-order valence-electron chi connectivity index (χ1n) is 12.0. The molecule has 38 heavy (non-hydrogen) atoms. The molecular weight excluding hydrogens is 519 g/mol. The van der Waals surface area contributed by atoms with Crippen molar-refractivity contribution in [2.24, 2.45) is 0 Å². The number of nitro benzene ring substituents is 1. The molecule has 2 rings (SSSR count). The number of halogens is 1. The van der Waals surface area contributed by atoms with Crippen molar-refractivity contribution in [2.45, 2.75) is 52.2 Å². The molecule has 0 aromatic heterocycles. The average Bonchev–Trinajstić information content (AvgIpc) is 2.86. The van der Waals surface area contributed by atoms with Gasteiger partial charge in [-0.25, -0.2) is 12.8 Å². The number of anilines is 1. The van der Waals surface area contributed by atoms with Crippen molar-refractivity contribution < 1.29 is 32.1 Å². The minimum absolute atomic E-state index is 0.000430. The maximum absolute atomic E-state index is 13.7. The number of hydrogen-bond donors (Lipinski definition) is 1. The number of nitrogens with one attached hydrogen (secondary N) is 1. The van der Waals surface area contributed by atoms with Crippen LogP contribution in [0.5, 0.6) is 5.75 Å². The van der Waals surface area contributed by atoms with Gasteiger partial charge in [0, 0.05) is 24.7 Å². The largest absolute Gasteiger partial charge is 0.495 e. The van der Waals surface area contributed by atoms with E-state index >= 15 is 0 Å². The molecule has 0 heterocycles. The SMILES string of the molecule is CC[C@@H](C)NC(=O)[C@@H](CC)N(Cc1ccc(F)cc1)C(=O)CN(c1cc([N+](=O)[O-])ccc1OC)S(C)(=O)=O. The zero-order valence-electron chi connectivity index (χ0n) is 22.0. The van der Waals surface area contributed by atoms with Gasteiger partial charge in [-0.05, 0) is 43.5 Å². The van der Waals surface area contributed by atoms with Gasteiger partial charge >= 0.3 is 0 Å². The van der Waals surface area contributed by atoms with Gasteiger partial charge in [0.1, 0.15) is 29.8 Å². The Hall–Kier alpha value is -3.74. The first kappa shape index (κ1) is 30.5. The highest BCUT2D eigenvalue weighted by atomic mass is 32.2. The van der Waals surface area contributed by atoms with Crippen LogP contribution in [0.2, 0.25) is 0 Å². The number of amides is 2. The van der Waals surface area contributed by atoms with E-state index in [4.69, 9.17) is 4.74 Å². The maximum Gasteiger partial charge on any atom is 0.271 e. The summed E-state index contributed by atoms with van der Waals surface area (Å²) in [4.78, 5) is 38.7. The predicted molar refractivity (Wildman–Crippen MR) is 141 cm³/mol. The van der Waals surface area contributed by atoms with Crippen LogP contribution < -0.4 is 14.4 Å². The lowest BCUT2D eigenvalue weighted by Gasteiger charge is -2.33. The molecule has 0 saturated heterocycles. The van der Waals surface area contributed by atoms with E-state index in [2.05, 4.69) is 5.32 Å². The molecular formula is C25H33FN4O7S. The summed E-state index contributed by atoms with van der Waals surface area (Å²) in [6, 6.07) is 7.63. The van der Waals surface area contributed by atoms with Crippen LogP contribution in [0.25, 0.3) is 0 Å². The molecule has 0 radical (unpaired) electrons. The zero-order chi connectivity index (χ0) is 28.6. The van der Waals surface area contributed by atoms with E-state index in [0.29, 0.717) is 16.3 Å². The lowest BCUT2D eigenvalue weighted by Crippen LogP contribution is -2.53. The summed E-state index contributed by atoms with van der Waals surface area (Å²) in [6.45, 7) is 4.56. The standard InChI is InChI=1S/C25H33FN4O7S/c1-6-17(3)27-25(32)21(7-2)28(15-18-8-10-19(26)11-9-18)24(31)16-29(38(5,35)36)22-14-20(30(33)34)12-13-23(22)37-4/h8-14,17,21H,6-7,15-16H2,1-5H3,(H,27,32)/t17-,21-/m1/s1. The van der Waals surface area contributed by atoms with Crippen LogP contribution in [0, 0.1) is 15.9 Å². The van der Waals surface area contributed by atoms with E-state index in [1.165, 1.54) is 42.3 Å². The Balaban J connectivity index is 2.55. The zero-order valence-corrected chi connectivity index (χ0v) is 22.8. The molecule has 0 saturated carbocycles. The van der Waals surface area contributed by atoms with E-state index in [1.807, 2.05) is 13.8 Å². The molecule has 2 aromatic rings. The highest BCUT2D eigenvalue weighted by Gasteiger charge is 2.33. The average molecular weight is 553 g/mol. The van der Waals surface area contributed by atoms with Gasteiger partial charge in [-0.3, -0.25) is 24.0 Å². The number of ether oxygens (including phenoxy) is 1. The van der Waals surface area contributed by atoms with Crippen molar-refractivity contribution in [1.29, 1.82) is 0 Å². The molecule has 0 aliphatic rings. The van der Waals surface area contributed by atoms with E-state index in [9.17, 15) is 32.5 Å². The molecule has 0 unspecified atom stereocenters. The molecule has 1 N–H and O–H groups in total. The summed E-state index contributed by atoms with van der Waals surface area (Å²) in [5.41, 5.74) is -0.0748. The Bertz CT molecular complexity index is 1250. The van der Waals surface area contributed by atoms with E-state index < -0.39 is 50.9 Å². The Labute approximate surface area is 221 Å². The number of nitro groups is 1. The van der Waals surface area contributed by atoms with Gasteiger partial charge < -0.3 is 15.0 Å². The highest BCUT2D eigenvalue weighted by Crippen LogP contribution is 2.34. The second-order valence-corrected chi connectivity index (χ2v) is 10.7. The van der Waals surface area contributed by atoms with Gasteiger partial charge in [0.25, 0.3) is 5.69 Å². The number of benzene rings is 2. The van der Waals surface area contributed by atoms with E-state index in [1.54, 1.807) is 6.92 Å².